The molecule has 20 heavy (non-hydrogen) atoms. The Morgan fingerprint density at radius 2 is 2.15 bits per heavy atom. The zero-order valence-corrected chi connectivity index (χ0v) is 12.2. The second-order valence-electron chi connectivity index (χ2n) is 5.70. The normalized spacial score (nSPS) is 20.2. The average Bonchev–Trinajstić information content (AvgIpc) is 2.44. The van der Waals surface area contributed by atoms with Crippen molar-refractivity contribution in [1.82, 2.24) is 10.2 Å². The number of piperidine rings is 1. The van der Waals surface area contributed by atoms with Gasteiger partial charge in [0, 0.05) is 13.1 Å². The zero-order valence-electron chi connectivity index (χ0n) is 12.2. The molecule has 2 nitrogen and oxygen atoms in total. The van der Waals surface area contributed by atoms with E-state index in [1.807, 2.05) is 0 Å². The van der Waals surface area contributed by atoms with Gasteiger partial charge in [0.25, 0.3) is 0 Å². The second kappa shape index (κ2) is 7.70. The maximum absolute atomic E-state index is 13.2. The summed E-state index contributed by atoms with van der Waals surface area (Å²) in [5, 5.41) is 3.47. The van der Waals surface area contributed by atoms with Crippen LogP contribution in [-0.4, -0.2) is 31.1 Å². The summed E-state index contributed by atoms with van der Waals surface area (Å²) in [6, 6.07) is 4.21. The number of nitrogens with zero attached hydrogens (tertiary/aromatic N) is 1. The van der Waals surface area contributed by atoms with E-state index in [-0.39, 0.29) is 0 Å². The topological polar surface area (TPSA) is 15.3 Å². The summed E-state index contributed by atoms with van der Waals surface area (Å²) >= 11 is 0. The molecular formula is C16H24F2N2. The molecule has 1 fully saturated rings. The van der Waals surface area contributed by atoms with Crippen molar-refractivity contribution in [2.24, 2.45) is 5.92 Å². The van der Waals surface area contributed by atoms with E-state index in [4.69, 9.17) is 0 Å². The molecule has 4 heteroatoms. The molecule has 0 spiro atoms. The molecule has 1 heterocycles. The minimum Gasteiger partial charge on any atom is -0.316 e. The van der Waals surface area contributed by atoms with E-state index in [0.717, 1.165) is 38.2 Å². The monoisotopic (exact) mass is 282 g/mol. The Labute approximate surface area is 120 Å². The Bertz CT molecular complexity index is 423. The maximum atomic E-state index is 13.2. The largest absolute Gasteiger partial charge is 0.316 e. The molecule has 0 aliphatic carbocycles. The van der Waals surface area contributed by atoms with Gasteiger partial charge in [-0.2, -0.15) is 0 Å². The molecule has 1 unspecified atom stereocenters. The van der Waals surface area contributed by atoms with Crippen LogP contribution in [0, 0.1) is 17.6 Å². The smallest absolute Gasteiger partial charge is 0.159 e. The van der Waals surface area contributed by atoms with Crippen molar-refractivity contribution in [3.05, 3.63) is 35.4 Å². The van der Waals surface area contributed by atoms with Crippen LogP contribution in [0.15, 0.2) is 18.2 Å². The van der Waals surface area contributed by atoms with Gasteiger partial charge in [0.05, 0.1) is 0 Å². The van der Waals surface area contributed by atoms with Gasteiger partial charge in [0.15, 0.2) is 11.6 Å². The summed E-state index contributed by atoms with van der Waals surface area (Å²) in [6.07, 6.45) is 3.60. The van der Waals surface area contributed by atoms with Gasteiger partial charge in [0.1, 0.15) is 0 Å². The molecule has 2 rings (SSSR count). The molecule has 0 saturated carbocycles. The van der Waals surface area contributed by atoms with Gasteiger partial charge in [-0.1, -0.05) is 13.0 Å². The third-order valence-corrected chi connectivity index (χ3v) is 3.85. The molecule has 1 aliphatic heterocycles. The number of likely N-dealkylation sites (tertiary alicyclic amines) is 1. The Hall–Kier alpha value is -1.00. The highest BCUT2D eigenvalue weighted by molar-refractivity contribution is 5.17. The van der Waals surface area contributed by atoms with E-state index < -0.39 is 11.6 Å². The van der Waals surface area contributed by atoms with Crippen molar-refractivity contribution in [3.63, 3.8) is 0 Å². The highest BCUT2D eigenvalue weighted by atomic mass is 19.2. The molecule has 1 saturated heterocycles. The van der Waals surface area contributed by atoms with Crippen LogP contribution < -0.4 is 5.32 Å². The maximum Gasteiger partial charge on any atom is 0.159 e. The van der Waals surface area contributed by atoms with E-state index in [1.54, 1.807) is 6.07 Å². The van der Waals surface area contributed by atoms with Crippen LogP contribution in [0.4, 0.5) is 8.78 Å². The third-order valence-electron chi connectivity index (χ3n) is 3.85. The van der Waals surface area contributed by atoms with Gasteiger partial charge in [-0.3, -0.25) is 4.90 Å². The van der Waals surface area contributed by atoms with E-state index in [9.17, 15) is 8.78 Å². The fourth-order valence-corrected chi connectivity index (χ4v) is 2.84. The molecule has 0 amide bonds. The van der Waals surface area contributed by atoms with Crippen molar-refractivity contribution < 1.29 is 8.78 Å². The second-order valence-corrected chi connectivity index (χ2v) is 5.70. The fourth-order valence-electron chi connectivity index (χ4n) is 2.84. The molecule has 1 aromatic carbocycles. The summed E-state index contributed by atoms with van der Waals surface area (Å²) in [5.74, 6) is -0.852. The molecule has 112 valence electrons. The van der Waals surface area contributed by atoms with Gasteiger partial charge >= 0.3 is 0 Å². The molecule has 0 aromatic heterocycles. The lowest BCUT2D eigenvalue weighted by atomic mass is 9.97. The Balaban J connectivity index is 1.84. The van der Waals surface area contributed by atoms with Crippen LogP contribution in [0.5, 0.6) is 0 Å². The minimum atomic E-state index is -0.769. The zero-order chi connectivity index (χ0) is 14.4. The number of benzene rings is 1. The highest BCUT2D eigenvalue weighted by Crippen LogP contribution is 2.19. The summed E-state index contributed by atoms with van der Waals surface area (Å²) < 4.78 is 26.1. The average molecular weight is 282 g/mol. The molecule has 0 radical (unpaired) electrons. The first kappa shape index (κ1) is 15.4. The van der Waals surface area contributed by atoms with Gasteiger partial charge in [-0.15, -0.1) is 0 Å². The first-order chi connectivity index (χ1) is 9.69. The summed E-state index contributed by atoms with van der Waals surface area (Å²) in [4.78, 5) is 2.34. The van der Waals surface area contributed by atoms with Gasteiger partial charge in [0.2, 0.25) is 0 Å². The van der Waals surface area contributed by atoms with E-state index in [0.29, 0.717) is 12.5 Å². The summed E-state index contributed by atoms with van der Waals surface area (Å²) in [7, 11) is 0. The summed E-state index contributed by atoms with van der Waals surface area (Å²) in [5.41, 5.74) is 0.853. The van der Waals surface area contributed by atoms with Crippen LogP contribution in [-0.2, 0) is 6.54 Å². The van der Waals surface area contributed by atoms with E-state index >= 15 is 0 Å². The van der Waals surface area contributed by atoms with Crippen molar-refractivity contribution >= 4 is 0 Å². The van der Waals surface area contributed by atoms with Crippen LogP contribution in [0.1, 0.15) is 31.7 Å². The number of hydrogen-bond donors (Lipinski definition) is 1. The number of hydrogen-bond acceptors (Lipinski definition) is 2. The predicted octanol–water partition coefficient (Wildman–Crippen LogP) is 3.18. The number of rotatable bonds is 6. The molecular weight excluding hydrogens is 258 g/mol. The first-order valence-corrected chi connectivity index (χ1v) is 7.56. The number of halogens is 2. The van der Waals surface area contributed by atoms with Crippen LogP contribution >= 0.6 is 0 Å². The Kier molecular flexibility index (Phi) is 5.92. The van der Waals surface area contributed by atoms with Gasteiger partial charge in [-0.05, 0) is 62.5 Å². The van der Waals surface area contributed by atoms with Crippen molar-refractivity contribution in [3.8, 4) is 0 Å². The highest BCUT2D eigenvalue weighted by Gasteiger charge is 2.19. The summed E-state index contributed by atoms with van der Waals surface area (Å²) in [6.45, 7) is 7.09. The standard InChI is InChI=1S/C16H24F2N2/c1-2-7-19-10-14-4-3-8-20(12-14)11-13-5-6-15(17)16(18)9-13/h5-6,9,14,19H,2-4,7-8,10-12H2,1H3. The third kappa shape index (κ3) is 4.53. The first-order valence-electron chi connectivity index (χ1n) is 7.56. The lowest BCUT2D eigenvalue weighted by Gasteiger charge is -2.33. The molecule has 1 aromatic rings. The molecule has 1 N–H and O–H groups in total. The Morgan fingerprint density at radius 1 is 1.30 bits per heavy atom. The van der Waals surface area contributed by atoms with Gasteiger partial charge < -0.3 is 5.32 Å². The molecule has 0 bridgehead atoms. The number of nitrogens with one attached hydrogen (secondary N) is 1. The van der Waals surface area contributed by atoms with E-state index in [1.165, 1.54) is 25.0 Å². The van der Waals surface area contributed by atoms with E-state index in [2.05, 4.69) is 17.1 Å². The molecule has 1 atom stereocenters. The van der Waals surface area contributed by atoms with Crippen LogP contribution in [0.25, 0.3) is 0 Å². The lowest BCUT2D eigenvalue weighted by Crippen LogP contribution is -2.39. The molecule has 1 aliphatic rings. The van der Waals surface area contributed by atoms with Crippen LogP contribution in [0.2, 0.25) is 0 Å². The van der Waals surface area contributed by atoms with Crippen LogP contribution in [0.3, 0.4) is 0 Å². The van der Waals surface area contributed by atoms with Gasteiger partial charge in [-0.25, -0.2) is 8.78 Å². The SMILES string of the molecule is CCCNCC1CCCN(Cc2ccc(F)c(F)c2)C1. The minimum absolute atomic E-state index is 0.667. The predicted molar refractivity (Wildman–Crippen MR) is 77.5 cm³/mol. The quantitative estimate of drug-likeness (QED) is 0.806. The Morgan fingerprint density at radius 3 is 2.90 bits per heavy atom. The van der Waals surface area contributed by atoms with Crippen molar-refractivity contribution in [2.75, 3.05) is 26.2 Å². The van der Waals surface area contributed by atoms with Crippen molar-refractivity contribution in [1.29, 1.82) is 0 Å². The van der Waals surface area contributed by atoms with Crippen molar-refractivity contribution in [2.45, 2.75) is 32.7 Å². The lowest BCUT2D eigenvalue weighted by molar-refractivity contribution is 0.165. The fraction of sp³-hybridized carbons (Fsp3) is 0.625.